The molecule has 1 aromatic heterocycles. The Kier molecular flexibility index (Phi) is 3.65. The minimum Gasteiger partial charge on any atom is -0.364 e. The summed E-state index contributed by atoms with van der Waals surface area (Å²) in [4.78, 5) is 24.7. The average Bonchev–Trinajstić information content (AvgIpc) is 2.99. The zero-order valence-electron chi connectivity index (χ0n) is 13.2. The molecule has 0 saturated carbocycles. The Labute approximate surface area is 138 Å². The third-order valence-corrected chi connectivity index (χ3v) is 4.39. The molecule has 2 atom stereocenters. The molecule has 2 fully saturated rings. The fourth-order valence-electron chi connectivity index (χ4n) is 3.28. The van der Waals surface area contributed by atoms with Gasteiger partial charge in [0.2, 0.25) is 5.95 Å². The molecule has 0 radical (unpaired) electrons. The largest absolute Gasteiger partial charge is 0.364 e. The SMILES string of the molecule is Cc1cnc(N2C[C@@H]3OCC(=O)N(c4cccc(F)c4)[C@H]3C2)nc1. The van der Waals surface area contributed by atoms with Gasteiger partial charge in [-0.2, -0.15) is 0 Å². The summed E-state index contributed by atoms with van der Waals surface area (Å²) in [5.74, 6) is 0.0961. The van der Waals surface area contributed by atoms with Crippen LogP contribution in [0.2, 0.25) is 0 Å². The zero-order valence-corrected chi connectivity index (χ0v) is 13.2. The second-order valence-electron chi connectivity index (χ2n) is 6.13. The first-order valence-corrected chi connectivity index (χ1v) is 7.84. The monoisotopic (exact) mass is 328 g/mol. The molecule has 2 saturated heterocycles. The van der Waals surface area contributed by atoms with Gasteiger partial charge in [-0.05, 0) is 30.7 Å². The summed E-state index contributed by atoms with van der Waals surface area (Å²) < 4.78 is 19.3. The quantitative estimate of drug-likeness (QED) is 0.837. The van der Waals surface area contributed by atoms with Gasteiger partial charge in [0.05, 0.1) is 12.1 Å². The number of nitrogens with zero attached hydrogens (tertiary/aromatic N) is 4. The standard InChI is InChI=1S/C17H17FN4O2/c1-11-6-19-17(20-7-11)21-8-14-15(9-21)24-10-16(23)22(14)13-4-2-3-12(18)5-13/h2-7,14-15H,8-10H2,1H3/t14-,15-/m0/s1. The number of ether oxygens (including phenoxy) is 1. The highest BCUT2D eigenvalue weighted by Gasteiger charge is 2.44. The maximum absolute atomic E-state index is 13.6. The van der Waals surface area contributed by atoms with E-state index in [1.807, 2.05) is 11.8 Å². The molecule has 0 spiro atoms. The third-order valence-electron chi connectivity index (χ3n) is 4.39. The Morgan fingerprint density at radius 2 is 2.04 bits per heavy atom. The number of carbonyl (C=O) groups is 1. The predicted octanol–water partition coefficient (Wildman–Crippen LogP) is 1.54. The Morgan fingerprint density at radius 1 is 1.25 bits per heavy atom. The Balaban J connectivity index is 1.62. The number of anilines is 2. The van der Waals surface area contributed by atoms with Crippen molar-refractivity contribution in [3.05, 3.63) is 48.0 Å². The van der Waals surface area contributed by atoms with Gasteiger partial charge in [0.25, 0.3) is 5.91 Å². The van der Waals surface area contributed by atoms with Crippen LogP contribution in [0.25, 0.3) is 0 Å². The molecule has 0 N–H and O–H groups in total. The first-order valence-electron chi connectivity index (χ1n) is 7.84. The van der Waals surface area contributed by atoms with Crippen LogP contribution < -0.4 is 9.80 Å². The smallest absolute Gasteiger partial charge is 0.253 e. The van der Waals surface area contributed by atoms with Crippen molar-refractivity contribution in [2.75, 3.05) is 29.5 Å². The van der Waals surface area contributed by atoms with E-state index in [0.29, 0.717) is 24.7 Å². The van der Waals surface area contributed by atoms with Crippen LogP contribution in [0.3, 0.4) is 0 Å². The van der Waals surface area contributed by atoms with E-state index < -0.39 is 0 Å². The topological polar surface area (TPSA) is 58.6 Å². The molecule has 124 valence electrons. The summed E-state index contributed by atoms with van der Waals surface area (Å²) in [5.41, 5.74) is 1.55. The van der Waals surface area contributed by atoms with Crippen LogP contribution in [0.4, 0.5) is 16.0 Å². The minimum atomic E-state index is -0.361. The first kappa shape index (κ1) is 15.0. The molecule has 24 heavy (non-hydrogen) atoms. The number of aryl methyl sites for hydroxylation is 1. The molecular formula is C17H17FN4O2. The molecule has 0 bridgehead atoms. The van der Waals surface area contributed by atoms with Crippen molar-refractivity contribution >= 4 is 17.5 Å². The molecule has 6 nitrogen and oxygen atoms in total. The fraction of sp³-hybridized carbons (Fsp3) is 0.353. The third kappa shape index (κ3) is 2.60. The summed E-state index contributed by atoms with van der Waals surface area (Å²) in [6.45, 7) is 3.09. The van der Waals surface area contributed by atoms with Crippen molar-refractivity contribution in [1.29, 1.82) is 0 Å². The van der Waals surface area contributed by atoms with Gasteiger partial charge in [-0.1, -0.05) is 6.07 Å². The van der Waals surface area contributed by atoms with E-state index in [4.69, 9.17) is 4.74 Å². The van der Waals surface area contributed by atoms with Crippen LogP contribution in [0.1, 0.15) is 5.56 Å². The Morgan fingerprint density at radius 3 is 2.79 bits per heavy atom. The second kappa shape index (κ2) is 5.83. The van der Waals surface area contributed by atoms with Crippen molar-refractivity contribution in [1.82, 2.24) is 9.97 Å². The molecule has 4 rings (SSSR count). The maximum Gasteiger partial charge on any atom is 0.253 e. The van der Waals surface area contributed by atoms with Crippen LogP contribution in [0, 0.1) is 12.7 Å². The van der Waals surface area contributed by atoms with E-state index in [-0.39, 0.29) is 30.5 Å². The van der Waals surface area contributed by atoms with Gasteiger partial charge in [-0.3, -0.25) is 4.79 Å². The second-order valence-corrected chi connectivity index (χ2v) is 6.13. The molecule has 3 heterocycles. The summed E-state index contributed by atoms with van der Waals surface area (Å²) >= 11 is 0. The number of carbonyl (C=O) groups excluding carboxylic acids is 1. The van der Waals surface area contributed by atoms with Crippen LogP contribution in [0.5, 0.6) is 0 Å². The first-order chi connectivity index (χ1) is 11.6. The summed E-state index contributed by atoms with van der Waals surface area (Å²) in [5, 5.41) is 0. The summed E-state index contributed by atoms with van der Waals surface area (Å²) in [6.07, 6.45) is 3.39. The molecule has 2 aromatic rings. The van der Waals surface area contributed by atoms with Crippen LogP contribution in [-0.4, -0.2) is 47.7 Å². The van der Waals surface area contributed by atoms with Crippen LogP contribution in [0.15, 0.2) is 36.7 Å². The molecular weight excluding hydrogens is 311 g/mol. The lowest BCUT2D eigenvalue weighted by Gasteiger charge is -2.36. The van der Waals surface area contributed by atoms with E-state index in [1.165, 1.54) is 12.1 Å². The number of hydrogen-bond acceptors (Lipinski definition) is 5. The van der Waals surface area contributed by atoms with E-state index in [9.17, 15) is 9.18 Å². The number of amides is 1. The molecule has 7 heteroatoms. The van der Waals surface area contributed by atoms with Crippen molar-refractivity contribution in [3.8, 4) is 0 Å². The molecule has 1 aromatic carbocycles. The maximum atomic E-state index is 13.6. The van der Waals surface area contributed by atoms with E-state index >= 15 is 0 Å². The number of rotatable bonds is 2. The van der Waals surface area contributed by atoms with Crippen molar-refractivity contribution in [2.24, 2.45) is 0 Å². The van der Waals surface area contributed by atoms with Gasteiger partial charge in [0.15, 0.2) is 0 Å². The lowest BCUT2D eigenvalue weighted by molar-refractivity contribution is -0.130. The van der Waals surface area contributed by atoms with Crippen molar-refractivity contribution in [2.45, 2.75) is 19.1 Å². The predicted molar refractivity (Wildman–Crippen MR) is 86.4 cm³/mol. The Hall–Kier alpha value is -2.54. The van der Waals surface area contributed by atoms with Crippen LogP contribution in [-0.2, 0) is 9.53 Å². The number of morpholine rings is 1. The number of aromatic nitrogens is 2. The summed E-state index contributed by atoms with van der Waals surface area (Å²) in [6, 6.07) is 5.92. The highest BCUT2D eigenvalue weighted by Crippen LogP contribution is 2.30. The lowest BCUT2D eigenvalue weighted by atomic mass is 10.1. The van der Waals surface area contributed by atoms with Gasteiger partial charge < -0.3 is 14.5 Å². The molecule has 2 aliphatic heterocycles. The van der Waals surface area contributed by atoms with E-state index in [2.05, 4.69) is 9.97 Å². The lowest BCUT2D eigenvalue weighted by Crippen LogP contribution is -2.54. The molecule has 1 amide bonds. The average molecular weight is 328 g/mol. The molecule has 2 aliphatic rings. The van der Waals surface area contributed by atoms with Gasteiger partial charge in [0, 0.05) is 31.2 Å². The Bertz CT molecular complexity index is 767. The highest BCUT2D eigenvalue weighted by molar-refractivity contribution is 5.96. The number of halogens is 1. The number of benzene rings is 1. The minimum absolute atomic E-state index is 0.000273. The van der Waals surface area contributed by atoms with Crippen LogP contribution >= 0.6 is 0 Å². The van der Waals surface area contributed by atoms with Gasteiger partial charge in [-0.15, -0.1) is 0 Å². The van der Waals surface area contributed by atoms with E-state index in [1.54, 1.807) is 29.4 Å². The normalized spacial score (nSPS) is 23.5. The van der Waals surface area contributed by atoms with Gasteiger partial charge in [-0.25, -0.2) is 14.4 Å². The van der Waals surface area contributed by atoms with E-state index in [0.717, 1.165) is 5.56 Å². The molecule has 0 aliphatic carbocycles. The van der Waals surface area contributed by atoms with Crippen molar-refractivity contribution in [3.63, 3.8) is 0 Å². The van der Waals surface area contributed by atoms with Crippen molar-refractivity contribution < 1.29 is 13.9 Å². The number of hydrogen-bond donors (Lipinski definition) is 0. The summed E-state index contributed by atoms with van der Waals surface area (Å²) in [7, 11) is 0. The van der Waals surface area contributed by atoms with Gasteiger partial charge >= 0.3 is 0 Å². The zero-order chi connectivity index (χ0) is 16.7. The molecule has 0 unspecified atom stereocenters. The van der Waals surface area contributed by atoms with Gasteiger partial charge in [0.1, 0.15) is 12.4 Å². The fourth-order valence-corrected chi connectivity index (χ4v) is 3.28. The number of fused-ring (bicyclic) bond motifs is 1. The highest BCUT2D eigenvalue weighted by atomic mass is 19.1.